The molecule has 3 heteroatoms. The van der Waals surface area contributed by atoms with Crippen LogP contribution < -0.4 is 0 Å². The minimum absolute atomic E-state index is 0.0226. The Kier molecular flexibility index (Phi) is 6.33. The van der Waals surface area contributed by atoms with Crippen LogP contribution in [-0.2, 0) is 12.0 Å². The van der Waals surface area contributed by atoms with Crippen LogP contribution in [0.4, 0.5) is 0 Å². The highest BCUT2D eigenvalue weighted by Crippen LogP contribution is 2.45. The minimum atomic E-state index is -1.28. The number of hydrogen-bond donors (Lipinski definition) is 2. The third-order valence-electron chi connectivity index (χ3n) is 5.87. The lowest BCUT2D eigenvalue weighted by Gasteiger charge is -2.41. The zero-order chi connectivity index (χ0) is 21.0. The zero-order valence-electron chi connectivity index (χ0n) is 16.7. The molecular formula is C27H25BrO2. The van der Waals surface area contributed by atoms with Gasteiger partial charge in [0.05, 0.1) is 6.61 Å². The zero-order valence-corrected chi connectivity index (χ0v) is 18.2. The molecule has 2 N–H and O–H groups in total. The Hall–Kier alpha value is -2.46. The molecule has 3 aromatic rings. The van der Waals surface area contributed by atoms with Crippen LogP contribution in [0.5, 0.6) is 0 Å². The molecule has 0 radical (unpaired) electrons. The van der Waals surface area contributed by atoms with Crippen molar-refractivity contribution in [3.63, 3.8) is 0 Å². The Labute approximate surface area is 186 Å². The highest BCUT2D eigenvalue weighted by atomic mass is 79.9. The van der Waals surface area contributed by atoms with Crippen LogP contribution in [0.2, 0.25) is 0 Å². The predicted molar refractivity (Wildman–Crippen MR) is 125 cm³/mol. The summed E-state index contributed by atoms with van der Waals surface area (Å²) in [7, 11) is 0. The van der Waals surface area contributed by atoms with Crippen LogP contribution in [-0.4, -0.2) is 16.8 Å². The molecule has 4 rings (SSSR count). The lowest BCUT2D eigenvalue weighted by Crippen LogP contribution is -2.41. The van der Waals surface area contributed by atoms with Gasteiger partial charge in [0.1, 0.15) is 5.60 Å². The second-order valence-electron chi connectivity index (χ2n) is 7.74. The smallest absolute Gasteiger partial charge is 0.122 e. The first-order valence-electron chi connectivity index (χ1n) is 10.2. The first kappa shape index (κ1) is 20.8. The Morgan fingerprint density at radius 1 is 0.833 bits per heavy atom. The van der Waals surface area contributed by atoms with E-state index >= 15 is 0 Å². The molecule has 3 atom stereocenters. The Bertz CT molecular complexity index is 1040. The van der Waals surface area contributed by atoms with Gasteiger partial charge in [0.2, 0.25) is 0 Å². The van der Waals surface area contributed by atoms with Crippen molar-refractivity contribution in [1.82, 2.24) is 0 Å². The average molecular weight is 461 g/mol. The monoisotopic (exact) mass is 460 g/mol. The van der Waals surface area contributed by atoms with Gasteiger partial charge in [-0.1, -0.05) is 107 Å². The molecule has 2 nitrogen and oxygen atoms in total. The topological polar surface area (TPSA) is 40.5 Å². The number of halogens is 1. The number of aliphatic hydroxyl groups is 2. The van der Waals surface area contributed by atoms with E-state index in [0.717, 1.165) is 21.2 Å². The molecule has 0 aliphatic heterocycles. The van der Waals surface area contributed by atoms with E-state index in [1.165, 1.54) is 5.56 Å². The van der Waals surface area contributed by atoms with Crippen molar-refractivity contribution in [2.45, 2.75) is 12.0 Å². The summed E-state index contributed by atoms with van der Waals surface area (Å²) in [5, 5.41) is 22.5. The van der Waals surface area contributed by atoms with Crippen molar-refractivity contribution in [2.75, 3.05) is 6.61 Å². The Morgan fingerprint density at radius 3 is 2.20 bits per heavy atom. The predicted octanol–water partition coefficient (Wildman–Crippen LogP) is 5.63. The summed E-state index contributed by atoms with van der Waals surface area (Å²) < 4.78 is 0.977. The lowest BCUT2D eigenvalue weighted by molar-refractivity contribution is 0.00752. The van der Waals surface area contributed by atoms with E-state index in [4.69, 9.17) is 0 Å². The molecule has 3 aromatic carbocycles. The van der Waals surface area contributed by atoms with Crippen molar-refractivity contribution < 1.29 is 10.2 Å². The molecular weight excluding hydrogens is 436 g/mol. The summed E-state index contributed by atoms with van der Waals surface area (Å²) in [6, 6.07) is 26.2. The van der Waals surface area contributed by atoms with E-state index in [9.17, 15) is 10.2 Å². The standard InChI is InChI=1S/C27H25BrO2/c28-24-15-16-26(22(18-24)17-20-9-3-1-4-10-20)27(30,23-12-5-2-6-13-23)25-14-8-7-11-21(25)19-29/h1-16,18,21,25,29-30H,17,19H2. The second-order valence-corrected chi connectivity index (χ2v) is 8.65. The van der Waals surface area contributed by atoms with E-state index in [1.54, 1.807) is 0 Å². The molecule has 1 aliphatic carbocycles. The van der Waals surface area contributed by atoms with E-state index in [2.05, 4.69) is 34.1 Å². The highest BCUT2D eigenvalue weighted by Gasteiger charge is 2.43. The maximum Gasteiger partial charge on any atom is 0.122 e. The maximum atomic E-state index is 12.4. The molecule has 0 saturated carbocycles. The molecule has 0 aromatic heterocycles. The summed E-state index contributed by atoms with van der Waals surface area (Å²) in [6.07, 6.45) is 8.60. The minimum Gasteiger partial charge on any atom is -0.396 e. The molecule has 3 unspecified atom stereocenters. The summed E-state index contributed by atoms with van der Waals surface area (Å²) in [6.45, 7) is -0.0226. The average Bonchev–Trinajstić information content (AvgIpc) is 2.80. The molecule has 0 fully saturated rings. The fourth-order valence-corrected chi connectivity index (χ4v) is 4.80. The van der Waals surface area contributed by atoms with Crippen LogP contribution in [0.25, 0.3) is 0 Å². The fourth-order valence-electron chi connectivity index (χ4n) is 4.39. The van der Waals surface area contributed by atoms with Crippen LogP contribution in [0, 0.1) is 11.8 Å². The van der Waals surface area contributed by atoms with Crippen LogP contribution in [0.1, 0.15) is 22.3 Å². The van der Waals surface area contributed by atoms with E-state index in [1.807, 2.05) is 85.0 Å². The summed E-state index contributed by atoms with van der Waals surface area (Å²) in [5.41, 5.74) is 2.65. The van der Waals surface area contributed by atoms with E-state index < -0.39 is 5.60 Å². The SMILES string of the molecule is OCC1C=CC=CC1C(O)(c1ccccc1)c1ccc(Br)cc1Cc1ccccc1. The van der Waals surface area contributed by atoms with Crippen LogP contribution in [0.3, 0.4) is 0 Å². The van der Waals surface area contributed by atoms with Gasteiger partial charge in [-0.25, -0.2) is 0 Å². The number of aliphatic hydroxyl groups excluding tert-OH is 1. The molecule has 0 spiro atoms. The summed E-state index contributed by atoms with van der Waals surface area (Å²) in [5.74, 6) is -0.459. The van der Waals surface area contributed by atoms with Gasteiger partial charge in [-0.2, -0.15) is 0 Å². The van der Waals surface area contributed by atoms with Gasteiger partial charge in [0.15, 0.2) is 0 Å². The Balaban J connectivity index is 1.90. The van der Waals surface area contributed by atoms with Crippen molar-refractivity contribution in [2.24, 2.45) is 11.8 Å². The lowest BCUT2D eigenvalue weighted by atomic mass is 9.68. The van der Waals surface area contributed by atoms with Gasteiger partial charge < -0.3 is 10.2 Å². The number of allylic oxidation sites excluding steroid dienone is 2. The van der Waals surface area contributed by atoms with Gasteiger partial charge in [0.25, 0.3) is 0 Å². The van der Waals surface area contributed by atoms with Gasteiger partial charge in [-0.15, -0.1) is 0 Å². The first-order chi connectivity index (χ1) is 14.6. The molecule has 0 saturated heterocycles. The normalized spacial score (nSPS) is 20.1. The van der Waals surface area contributed by atoms with Crippen molar-refractivity contribution in [1.29, 1.82) is 0 Å². The number of rotatable bonds is 6. The largest absolute Gasteiger partial charge is 0.396 e. The van der Waals surface area contributed by atoms with Crippen molar-refractivity contribution in [3.8, 4) is 0 Å². The number of benzene rings is 3. The highest BCUT2D eigenvalue weighted by molar-refractivity contribution is 9.10. The quantitative estimate of drug-likeness (QED) is 0.500. The van der Waals surface area contributed by atoms with Gasteiger partial charge in [-0.05, 0) is 40.8 Å². The Morgan fingerprint density at radius 2 is 1.50 bits per heavy atom. The molecule has 0 amide bonds. The summed E-state index contributed by atoms with van der Waals surface area (Å²) >= 11 is 3.61. The van der Waals surface area contributed by atoms with Gasteiger partial charge >= 0.3 is 0 Å². The van der Waals surface area contributed by atoms with Crippen molar-refractivity contribution in [3.05, 3.63) is 130 Å². The van der Waals surface area contributed by atoms with Gasteiger partial charge in [0, 0.05) is 16.3 Å². The van der Waals surface area contributed by atoms with Crippen LogP contribution >= 0.6 is 15.9 Å². The summed E-state index contributed by atoms with van der Waals surface area (Å²) in [4.78, 5) is 0. The van der Waals surface area contributed by atoms with E-state index in [-0.39, 0.29) is 18.4 Å². The fraction of sp³-hybridized carbons (Fsp3) is 0.185. The number of hydrogen-bond acceptors (Lipinski definition) is 2. The third kappa shape index (κ3) is 4.06. The van der Waals surface area contributed by atoms with Crippen LogP contribution in [0.15, 0.2) is 108 Å². The van der Waals surface area contributed by atoms with E-state index in [0.29, 0.717) is 6.42 Å². The van der Waals surface area contributed by atoms with Gasteiger partial charge in [-0.3, -0.25) is 0 Å². The maximum absolute atomic E-state index is 12.4. The molecule has 0 bridgehead atoms. The third-order valence-corrected chi connectivity index (χ3v) is 6.36. The first-order valence-corrected chi connectivity index (χ1v) is 11.0. The molecule has 1 aliphatic rings. The second kappa shape index (κ2) is 9.13. The molecule has 0 heterocycles. The molecule has 30 heavy (non-hydrogen) atoms. The molecule has 152 valence electrons. The van der Waals surface area contributed by atoms with Crippen molar-refractivity contribution >= 4 is 15.9 Å².